The van der Waals surface area contributed by atoms with E-state index in [1.165, 1.54) is 0 Å². The molecule has 0 radical (unpaired) electrons. The number of morpholine rings is 1. The van der Waals surface area contributed by atoms with E-state index in [9.17, 15) is 9.59 Å². The largest absolute Gasteiger partial charge is 0.356 e. The van der Waals surface area contributed by atoms with Crippen molar-refractivity contribution in [2.24, 2.45) is 0 Å². The third-order valence-electron chi connectivity index (χ3n) is 4.50. The van der Waals surface area contributed by atoms with Crippen LogP contribution in [-0.4, -0.2) is 67.6 Å². The Morgan fingerprint density at radius 3 is 2.58 bits per heavy atom. The molecule has 1 N–H and O–H groups in total. The van der Waals surface area contributed by atoms with E-state index >= 15 is 0 Å². The number of nitrogens with zero attached hydrogens (tertiary/aromatic N) is 2. The molecular formula is C18H27N3O3. The maximum absolute atomic E-state index is 12.6. The van der Waals surface area contributed by atoms with Crippen molar-refractivity contribution in [1.82, 2.24) is 15.1 Å². The van der Waals surface area contributed by atoms with Crippen molar-refractivity contribution in [2.45, 2.75) is 26.0 Å². The van der Waals surface area contributed by atoms with Crippen LogP contribution in [0.1, 0.15) is 25.5 Å². The molecule has 24 heavy (non-hydrogen) atoms. The third kappa shape index (κ3) is 4.33. The molecule has 1 aromatic carbocycles. The minimum absolute atomic E-state index is 0.0615. The Labute approximate surface area is 143 Å². The van der Waals surface area contributed by atoms with E-state index in [0.29, 0.717) is 6.54 Å². The highest BCUT2D eigenvalue weighted by atomic mass is 16.5. The van der Waals surface area contributed by atoms with Gasteiger partial charge in [0.1, 0.15) is 6.61 Å². The van der Waals surface area contributed by atoms with Gasteiger partial charge >= 0.3 is 0 Å². The van der Waals surface area contributed by atoms with E-state index in [2.05, 4.69) is 24.1 Å². The van der Waals surface area contributed by atoms with Crippen LogP contribution >= 0.6 is 0 Å². The van der Waals surface area contributed by atoms with Crippen LogP contribution < -0.4 is 5.32 Å². The molecule has 0 aromatic heterocycles. The molecule has 0 aliphatic carbocycles. The molecule has 0 spiro atoms. The number of hydrogen-bond acceptors (Lipinski definition) is 4. The molecule has 1 saturated heterocycles. The quantitative estimate of drug-likeness (QED) is 0.810. The first-order chi connectivity index (χ1) is 11.6. The van der Waals surface area contributed by atoms with Gasteiger partial charge in [0, 0.05) is 20.1 Å². The average Bonchev–Trinajstić information content (AvgIpc) is 2.61. The lowest BCUT2D eigenvalue weighted by Gasteiger charge is -2.38. The molecule has 6 heteroatoms. The first kappa shape index (κ1) is 18.4. The number of carbonyl (C=O) groups is 2. The molecule has 0 bridgehead atoms. The van der Waals surface area contributed by atoms with Crippen LogP contribution in [0.2, 0.25) is 0 Å². The van der Waals surface area contributed by atoms with Crippen molar-refractivity contribution >= 4 is 11.8 Å². The molecule has 1 aliphatic rings. The van der Waals surface area contributed by atoms with Gasteiger partial charge in [0.25, 0.3) is 5.91 Å². The maximum Gasteiger partial charge on any atom is 0.251 e. The Morgan fingerprint density at radius 2 is 1.96 bits per heavy atom. The number of benzene rings is 1. The molecule has 132 valence electrons. The number of likely N-dealkylation sites (N-methyl/N-ethyl adjacent to an activating group) is 2. The van der Waals surface area contributed by atoms with Gasteiger partial charge in [-0.05, 0) is 18.7 Å². The average molecular weight is 333 g/mol. The number of ether oxygens (including phenoxy) is 1. The van der Waals surface area contributed by atoms with Crippen LogP contribution in [0.25, 0.3) is 0 Å². The van der Waals surface area contributed by atoms with E-state index in [0.717, 1.165) is 25.2 Å². The minimum Gasteiger partial charge on any atom is -0.356 e. The summed E-state index contributed by atoms with van der Waals surface area (Å²) >= 11 is 0. The normalized spacial score (nSPS) is 21.2. The standard InChI is InChI=1S/C18H27N3O3/c1-4-21(5-2)12-11-19-18(23)17-16(14-9-7-6-8-10-14)20(3)15(22)13-24-17/h6-10,16-17H,4-5,11-13H2,1-3H3,(H,19,23)/t16-,17+/m0/s1. The molecule has 2 amide bonds. The molecule has 1 aromatic rings. The molecule has 1 fully saturated rings. The van der Waals surface area contributed by atoms with Gasteiger partial charge < -0.3 is 19.9 Å². The van der Waals surface area contributed by atoms with Crippen LogP contribution in [0.3, 0.4) is 0 Å². The summed E-state index contributed by atoms with van der Waals surface area (Å²) in [5.41, 5.74) is 0.900. The van der Waals surface area contributed by atoms with Crippen molar-refractivity contribution < 1.29 is 14.3 Å². The number of hydrogen-bond donors (Lipinski definition) is 1. The third-order valence-corrected chi connectivity index (χ3v) is 4.50. The van der Waals surface area contributed by atoms with Gasteiger partial charge in [-0.3, -0.25) is 9.59 Å². The lowest BCUT2D eigenvalue weighted by Crippen LogP contribution is -2.53. The number of amides is 2. The Bertz CT molecular complexity index is 546. The van der Waals surface area contributed by atoms with Crippen molar-refractivity contribution in [1.29, 1.82) is 0 Å². The Kier molecular flexibility index (Phi) is 6.75. The lowest BCUT2D eigenvalue weighted by molar-refractivity contribution is -0.162. The predicted octanol–water partition coefficient (Wildman–Crippen LogP) is 1.04. The van der Waals surface area contributed by atoms with E-state index in [4.69, 9.17) is 4.74 Å². The van der Waals surface area contributed by atoms with Crippen LogP contribution in [0.15, 0.2) is 30.3 Å². The first-order valence-electron chi connectivity index (χ1n) is 8.50. The van der Waals surface area contributed by atoms with E-state index < -0.39 is 12.1 Å². The topological polar surface area (TPSA) is 61.9 Å². The van der Waals surface area contributed by atoms with E-state index in [1.807, 2.05) is 30.3 Å². The number of nitrogens with one attached hydrogen (secondary N) is 1. The summed E-state index contributed by atoms with van der Waals surface area (Å²) in [5.74, 6) is -0.286. The molecule has 2 atom stereocenters. The fourth-order valence-corrected chi connectivity index (χ4v) is 2.96. The van der Waals surface area contributed by atoms with Gasteiger partial charge in [0.05, 0.1) is 6.04 Å². The second-order valence-electron chi connectivity index (χ2n) is 5.91. The van der Waals surface area contributed by atoms with Crippen LogP contribution in [-0.2, 0) is 14.3 Å². The molecule has 0 unspecified atom stereocenters. The Morgan fingerprint density at radius 1 is 1.29 bits per heavy atom. The summed E-state index contributed by atoms with van der Waals surface area (Å²) in [5, 5.41) is 2.94. The molecular weight excluding hydrogens is 306 g/mol. The number of rotatable bonds is 7. The first-order valence-corrected chi connectivity index (χ1v) is 8.50. The zero-order valence-corrected chi connectivity index (χ0v) is 14.7. The van der Waals surface area contributed by atoms with Gasteiger partial charge in [-0.15, -0.1) is 0 Å². The zero-order chi connectivity index (χ0) is 17.5. The number of carbonyl (C=O) groups excluding carboxylic acids is 2. The maximum atomic E-state index is 12.6. The molecule has 1 heterocycles. The van der Waals surface area contributed by atoms with Gasteiger partial charge in [0.15, 0.2) is 6.10 Å². The highest BCUT2D eigenvalue weighted by Gasteiger charge is 2.39. The fourth-order valence-electron chi connectivity index (χ4n) is 2.96. The van der Waals surface area contributed by atoms with Gasteiger partial charge in [-0.25, -0.2) is 0 Å². The summed E-state index contributed by atoms with van der Waals surface area (Å²) in [6.45, 7) is 7.42. The smallest absolute Gasteiger partial charge is 0.251 e. The minimum atomic E-state index is -0.688. The van der Waals surface area contributed by atoms with Crippen molar-refractivity contribution in [2.75, 3.05) is 39.8 Å². The Hall–Kier alpha value is -1.92. The van der Waals surface area contributed by atoms with Gasteiger partial charge in [0.2, 0.25) is 5.91 Å². The summed E-state index contributed by atoms with van der Waals surface area (Å²) in [4.78, 5) is 28.4. The van der Waals surface area contributed by atoms with Crippen molar-refractivity contribution in [3.63, 3.8) is 0 Å². The summed E-state index contributed by atoms with van der Waals surface area (Å²) in [6.07, 6.45) is -0.688. The SMILES string of the molecule is CCN(CC)CCNC(=O)[C@@H]1OCC(=O)N(C)[C@H]1c1ccccc1. The van der Waals surface area contributed by atoms with E-state index in [1.54, 1.807) is 11.9 Å². The summed E-state index contributed by atoms with van der Waals surface area (Å²) in [6, 6.07) is 9.14. The summed E-state index contributed by atoms with van der Waals surface area (Å²) in [7, 11) is 1.72. The van der Waals surface area contributed by atoms with Gasteiger partial charge in [-0.2, -0.15) is 0 Å². The van der Waals surface area contributed by atoms with Crippen LogP contribution in [0.5, 0.6) is 0 Å². The Balaban J connectivity index is 2.05. The highest BCUT2D eigenvalue weighted by molar-refractivity contribution is 5.86. The van der Waals surface area contributed by atoms with Gasteiger partial charge in [-0.1, -0.05) is 44.2 Å². The van der Waals surface area contributed by atoms with Crippen molar-refractivity contribution in [3.05, 3.63) is 35.9 Å². The monoisotopic (exact) mass is 333 g/mol. The van der Waals surface area contributed by atoms with Crippen LogP contribution in [0, 0.1) is 0 Å². The molecule has 6 nitrogen and oxygen atoms in total. The molecule has 1 aliphatic heterocycles. The lowest BCUT2D eigenvalue weighted by atomic mass is 9.97. The zero-order valence-electron chi connectivity index (χ0n) is 14.7. The second-order valence-corrected chi connectivity index (χ2v) is 5.91. The second kappa shape index (κ2) is 8.80. The van der Waals surface area contributed by atoms with Crippen molar-refractivity contribution in [3.8, 4) is 0 Å². The summed E-state index contributed by atoms with van der Waals surface area (Å²) < 4.78 is 5.58. The highest BCUT2D eigenvalue weighted by Crippen LogP contribution is 2.28. The molecule has 0 saturated carbocycles. The van der Waals surface area contributed by atoms with Crippen LogP contribution in [0.4, 0.5) is 0 Å². The molecule has 2 rings (SSSR count). The van der Waals surface area contributed by atoms with E-state index in [-0.39, 0.29) is 18.4 Å². The predicted molar refractivity (Wildman–Crippen MR) is 92.5 cm³/mol. The fraction of sp³-hybridized carbons (Fsp3) is 0.556.